The summed E-state index contributed by atoms with van der Waals surface area (Å²) in [5.74, 6) is 1.23. The van der Waals surface area contributed by atoms with Crippen molar-refractivity contribution in [2.45, 2.75) is 0 Å². The van der Waals surface area contributed by atoms with E-state index in [9.17, 15) is 0 Å². The van der Waals surface area contributed by atoms with Gasteiger partial charge in [0.25, 0.3) is 0 Å². The summed E-state index contributed by atoms with van der Waals surface area (Å²) in [4.78, 5) is 7.22. The molecular formula is C26H18BN3Se. The Morgan fingerprint density at radius 2 is 1.26 bits per heavy atom. The number of para-hydroxylation sites is 2. The minimum atomic E-state index is 0.251. The van der Waals surface area contributed by atoms with E-state index in [1.807, 2.05) is 0 Å². The topological polar surface area (TPSA) is 11.4 Å². The van der Waals surface area contributed by atoms with E-state index < -0.39 is 0 Å². The molecule has 2 aliphatic rings. The van der Waals surface area contributed by atoms with Gasteiger partial charge < -0.3 is 0 Å². The number of fused-ring (bicyclic) bond motifs is 4. The quantitative estimate of drug-likeness (QED) is 0.343. The number of hydrogen-bond donors (Lipinski definition) is 0. The van der Waals surface area contributed by atoms with Crippen molar-refractivity contribution in [1.29, 1.82) is 0 Å². The summed E-state index contributed by atoms with van der Waals surface area (Å²) in [6.45, 7) is 0.251. The summed E-state index contributed by atoms with van der Waals surface area (Å²) in [5.41, 5.74) is 7.69. The Kier molecular flexibility index (Phi) is 3.66. The average molecular weight is 462 g/mol. The Labute approximate surface area is 187 Å². The standard InChI is InChI=1S/C26H18BN3Se/c1-3-9-19(10-4-1)29-21-13-7-14-22-25(21)27(26-23(29)16-18-31-26)28-17-8-15-24(28)30(22)20-11-5-2-6-12-20/h1-18H. The molecule has 0 N–H and O–H groups in total. The van der Waals surface area contributed by atoms with Crippen LogP contribution in [0.15, 0.2) is 108 Å². The second-order valence-corrected chi connectivity index (χ2v) is 9.89. The number of anilines is 6. The molecule has 0 fully saturated rings. The second-order valence-electron chi connectivity index (χ2n) is 7.90. The summed E-state index contributed by atoms with van der Waals surface area (Å²) in [6, 6.07) is 35.0. The predicted octanol–water partition coefficient (Wildman–Crippen LogP) is 4.77. The van der Waals surface area contributed by atoms with Gasteiger partial charge in [-0.1, -0.05) is 0 Å². The van der Waals surface area contributed by atoms with E-state index in [2.05, 4.69) is 122 Å². The van der Waals surface area contributed by atoms with Crippen LogP contribution in [0.1, 0.15) is 0 Å². The molecule has 0 saturated heterocycles. The molecule has 0 radical (unpaired) electrons. The first-order valence-electron chi connectivity index (χ1n) is 10.5. The third kappa shape index (κ3) is 2.36. The molecule has 0 saturated carbocycles. The normalized spacial score (nSPS) is 13.6. The van der Waals surface area contributed by atoms with Crippen LogP contribution in [0.4, 0.5) is 34.3 Å². The first kappa shape index (κ1) is 17.3. The van der Waals surface area contributed by atoms with Crippen LogP contribution in [-0.2, 0) is 0 Å². The van der Waals surface area contributed by atoms with E-state index in [0.29, 0.717) is 14.5 Å². The summed E-state index contributed by atoms with van der Waals surface area (Å²) in [6.07, 6.45) is 2.24. The molecule has 5 heteroatoms. The summed E-state index contributed by atoms with van der Waals surface area (Å²) < 4.78 is 3.99. The fourth-order valence-electron chi connectivity index (χ4n) is 5.06. The fraction of sp³-hybridized carbons (Fsp3) is 0. The average Bonchev–Trinajstić information content (AvgIpc) is 3.50. The van der Waals surface area contributed by atoms with Gasteiger partial charge in [-0.25, -0.2) is 0 Å². The first-order chi connectivity index (χ1) is 15.4. The molecule has 0 aliphatic carbocycles. The van der Waals surface area contributed by atoms with Gasteiger partial charge in [-0.05, 0) is 0 Å². The zero-order valence-corrected chi connectivity index (χ0v) is 18.4. The summed E-state index contributed by atoms with van der Waals surface area (Å²) in [7, 11) is 0. The van der Waals surface area contributed by atoms with E-state index in [-0.39, 0.29) is 6.85 Å². The van der Waals surface area contributed by atoms with Crippen molar-refractivity contribution in [2.75, 3.05) is 9.80 Å². The molecule has 0 amide bonds. The van der Waals surface area contributed by atoms with Crippen molar-refractivity contribution in [3.63, 3.8) is 0 Å². The zero-order chi connectivity index (χ0) is 20.4. The Balaban J connectivity index is 1.56. The molecule has 0 atom stereocenters. The van der Waals surface area contributed by atoms with Crippen LogP contribution in [0.2, 0.25) is 0 Å². The van der Waals surface area contributed by atoms with Crippen LogP contribution in [-0.4, -0.2) is 25.8 Å². The van der Waals surface area contributed by atoms with Crippen molar-refractivity contribution in [2.24, 2.45) is 0 Å². The van der Waals surface area contributed by atoms with Crippen molar-refractivity contribution >= 4 is 65.4 Å². The van der Waals surface area contributed by atoms with Gasteiger partial charge in [0, 0.05) is 0 Å². The molecule has 0 unspecified atom stereocenters. The number of aromatic nitrogens is 1. The Morgan fingerprint density at radius 3 is 2.00 bits per heavy atom. The van der Waals surface area contributed by atoms with Crippen LogP contribution in [0.25, 0.3) is 0 Å². The summed E-state index contributed by atoms with van der Waals surface area (Å²) >= 11 is 0.342. The van der Waals surface area contributed by atoms with Crippen LogP contribution in [0.3, 0.4) is 0 Å². The zero-order valence-electron chi connectivity index (χ0n) is 16.7. The van der Waals surface area contributed by atoms with Gasteiger partial charge in [-0.3, -0.25) is 0 Å². The maximum absolute atomic E-state index is 2.46. The first-order valence-corrected chi connectivity index (χ1v) is 12.3. The Morgan fingerprint density at radius 1 is 0.581 bits per heavy atom. The van der Waals surface area contributed by atoms with Gasteiger partial charge in [-0.15, -0.1) is 0 Å². The molecule has 31 heavy (non-hydrogen) atoms. The third-order valence-electron chi connectivity index (χ3n) is 6.27. The van der Waals surface area contributed by atoms with E-state index in [0.717, 1.165) is 0 Å². The van der Waals surface area contributed by atoms with Crippen molar-refractivity contribution < 1.29 is 0 Å². The van der Waals surface area contributed by atoms with Crippen LogP contribution >= 0.6 is 0 Å². The van der Waals surface area contributed by atoms with E-state index in [4.69, 9.17) is 0 Å². The molecule has 5 aromatic rings. The summed E-state index contributed by atoms with van der Waals surface area (Å²) in [5, 5.41) is 0. The van der Waals surface area contributed by atoms with Gasteiger partial charge in [0.2, 0.25) is 0 Å². The molecule has 146 valence electrons. The van der Waals surface area contributed by atoms with Crippen molar-refractivity contribution in [3.05, 3.63) is 108 Å². The van der Waals surface area contributed by atoms with Crippen LogP contribution in [0.5, 0.6) is 0 Å². The predicted molar refractivity (Wildman–Crippen MR) is 131 cm³/mol. The molecule has 2 aliphatic heterocycles. The number of hydrogen-bond acceptors (Lipinski definition) is 2. The fourth-order valence-corrected chi connectivity index (χ4v) is 7.13. The van der Waals surface area contributed by atoms with E-state index in [1.165, 1.54) is 44.1 Å². The molecule has 7 rings (SSSR count). The van der Waals surface area contributed by atoms with Crippen LogP contribution < -0.4 is 19.6 Å². The Hall–Kier alpha value is -3.40. The molecule has 3 aromatic carbocycles. The van der Waals surface area contributed by atoms with Gasteiger partial charge in [0.15, 0.2) is 0 Å². The number of benzene rings is 3. The van der Waals surface area contributed by atoms with Gasteiger partial charge in [0.05, 0.1) is 0 Å². The van der Waals surface area contributed by atoms with Crippen LogP contribution in [0, 0.1) is 0 Å². The van der Waals surface area contributed by atoms with Crippen molar-refractivity contribution in [3.8, 4) is 0 Å². The Bertz CT molecular complexity index is 1300. The van der Waals surface area contributed by atoms with Gasteiger partial charge in [-0.2, -0.15) is 0 Å². The van der Waals surface area contributed by atoms with Crippen molar-refractivity contribution in [1.82, 2.24) is 4.48 Å². The molecule has 2 aromatic heterocycles. The maximum atomic E-state index is 2.46. The van der Waals surface area contributed by atoms with Gasteiger partial charge in [0.1, 0.15) is 0 Å². The molecule has 3 nitrogen and oxygen atoms in total. The second kappa shape index (κ2) is 6.55. The third-order valence-corrected chi connectivity index (χ3v) is 8.28. The molecule has 4 heterocycles. The molecule has 0 bridgehead atoms. The molecular weight excluding hydrogens is 444 g/mol. The van der Waals surface area contributed by atoms with E-state index >= 15 is 0 Å². The molecule has 0 spiro atoms. The number of nitrogens with zero attached hydrogens (tertiary/aromatic N) is 3. The number of rotatable bonds is 2. The minimum absolute atomic E-state index is 0.251. The van der Waals surface area contributed by atoms with E-state index in [1.54, 1.807) is 0 Å². The van der Waals surface area contributed by atoms with Gasteiger partial charge >= 0.3 is 188 Å². The monoisotopic (exact) mass is 463 g/mol. The SMILES string of the molecule is c1ccc(N2c3cc[se]c3B3c4c2cccc4N(c2ccccc2)c2cccn23)cc1.